The van der Waals surface area contributed by atoms with Crippen LogP contribution >= 0.6 is 0 Å². The summed E-state index contributed by atoms with van der Waals surface area (Å²) in [5.41, 5.74) is 2.70. The first kappa shape index (κ1) is 37.6. The fourth-order valence-corrected chi connectivity index (χ4v) is 6.50. The van der Waals surface area contributed by atoms with Crippen molar-refractivity contribution in [2.75, 3.05) is 0 Å². The van der Waals surface area contributed by atoms with Crippen LogP contribution in [0.5, 0.6) is 0 Å². The van der Waals surface area contributed by atoms with Gasteiger partial charge in [0.2, 0.25) is 0 Å². The second kappa shape index (κ2) is 27.9. The molecule has 0 spiro atoms. The molecule has 2 atom stereocenters. The van der Waals surface area contributed by atoms with Crippen molar-refractivity contribution < 1.29 is 4.74 Å². The summed E-state index contributed by atoms with van der Waals surface area (Å²) in [6.45, 7) is 4.60. The molecule has 0 fully saturated rings. The molecule has 1 heteroatoms. The summed E-state index contributed by atoms with van der Waals surface area (Å²) >= 11 is 0. The van der Waals surface area contributed by atoms with Gasteiger partial charge in [-0.05, 0) is 24.0 Å². The molecule has 0 aliphatic heterocycles. The number of benzene rings is 2. The van der Waals surface area contributed by atoms with Crippen LogP contribution < -0.4 is 0 Å². The van der Waals surface area contributed by atoms with E-state index in [1.165, 1.54) is 165 Å². The lowest BCUT2D eigenvalue weighted by atomic mass is 9.98. The predicted molar refractivity (Wildman–Crippen MR) is 191 cm³/mol. The van der Waals surface area contributed by atoms with Gasteiger partial charge in [-0.1, -0.05) is 229 Å². The zero-order valence-corrected chi connectivity index (χ0v) is 28.7. The van der Waals surface area contributed by atoms with Gasteiger partial charge in [-0.25, -0.2) is 0 Å². The van der Waals surface area contributed by atoms with E-state index < -0.39 is 0 Å². The van der Waals surface area contributed by atoms with E-state index in [4.69, 9.17) is 4.74 Å². The maximum Gasteiger partial charge on any atom is 0.0833 e. The zero-order chi connectivity index (χ0) is 30.5. The molecule has 0 saturated carbocycles. The second-order valence-corrected chi connectivity index (χ2v) is 13.3. The first-order valence-corrected chi connectivity index (χ1v) is 19.1. The molecule has 0 heterocycles. The average molecular weight is 591 g/mol. The first-order chi connectivity index (χ1) is 21.3. The third-order valence-corrected chi connectivity index (χ3v) is 9.31. The van der Waals surface area contributed by atoms with Gasteiger partial charge in [-0.15, -0.1) is 0 Å². The molecule has 0 aliphatic rings. The van der Waals surface area contributed by atoms with E-state index in [0.717, 1.165) is 12.8 Å². The highest BCUT2D eigenvalue weighted by atomic mass is 16.5. The lowest BCUT2D eigenvalue weighted by Gasteiger charge is -2.26. The van der Waals surface area contributed by atoms with Gasteiger partial charge in [-0.2, -0.15) is 0 Å². The fraction of sp³-hybridized carbons (Fsp3) is 0.714. The maximum absolute atomic E-state index is 7.02. The zero-order valence-electron chi connectivity index (χ0n) is 28.7. The third-order valence-electron chi connectivity index (χ3n) is 9.31. The molecular formula is C42H70O. The Hall–Kier alpha value is -1.60. The monoisotopic (exact) mass is 591 g/mol. The van der Waals surface area contributed by atoms with Crippen LogP contribution in [-0.4, -0.2) is 0 Å². The molecule has 0 radical (unpaired) electrons. The van der Waals surface area contributed by atoms with Crippen molar-refractivity contribution in [1.29, 1.82) is 0 Å². The van der Waals surface area contributed by atoms with Gasteiger partial charge in [0.05, 0.1) is 12.2 Å². The van der Waals surface area contributed by atoms with Gasteiger partial charge in [0.1, 0.15) is 0 Å². The molecule has 2 rings (SSSR count). The number of hydrogen-bond acceptors (Lipinski definition) is 1. The molecule has 43 heavy (non-hydrogen) atoms. The van der Waals surface area contributed by atoms with Gasteiger partial charge in [0.25, 0.3) is 0 Å². The SMILES string of the molecule is CCCCCCCCCCCCCCC(OC(CCCCCCCCCCCCCC)c1ccccc1)c1ccccc1. The lowest BCUT2D eigenvalue weighted by Crippen LogP contribution is -2.11. The molecule has 2 aromatic rings. The van der Waals surface area contributed by atoms with Gasteiger partial charge < -0.3 is 4.74 Å². The number of unbranched alkanes of at least 4 members (excludes halogenated alkanes) is 22. The van der Waals surface area contributed by atoms with E-state index in [-0.39, 0.29) is 12.2 Å². The number of hydrogen-bond donors (Lipinski definition) is 0. The van der Waals surface area contributed by atoms with E-state index in [1.807, 2.05) is 0 Å². The van der Waals surface area contributed by atoms with E-state index in [0.29, 0.717) is 0 Å². The molecule has 0 bridgehead atoms. The van der Waals surface area contributed by atoms with Crippen molar-refractivity contribution in [3.63, 3.8) is 0 Å². The van der Waals surface area contributed by atoms with Gasteiger partial charge >= 0.3 is 0 Å². The van der Waals surface area contributed by atoms with E-state index in [1.54, 1.807) is 0 Å². The summed E-state index contributed by atoms with van der Waals surface area (Å²) in [5.74, 6) is 0. The molecule has 0 aliphatic carbocycles. The minimum absolute atomic E-state index is 0.187. The molecule has 244 valence electrons. The van der Waals surface area contributed by atoms with Crippen molar-refractivity contribution in [3.05, 3.63) is 71.8 Å². The van der Waals surface area contributed by atoms with Gasteiger partial charge in [0, 0.05) is 0 Å². The highest BCUT2D eigenvalue weighted by molar-refractivity contribution is 5.20. The highest BCUT2D eigenvalue weighted by Crippen LogP contribution is 2.34. The van der Waals surface area contributed by atoms with Crippen LogP contribution in [0.1, 0.15) is 204 Å². The Morgan fingerprint density at radius 2 is 0.605 bits per heavy atom. The fourth-order valence-electron chi connectivity index (χ4n) is 6.50. The quantitative estimate of drug-likeness (QED) is 0.0822. The van der Waals surface area contributed by atoms with Crippen molar-refractivity contribution in [2.24, 2.45) is 0 Å². The first-order valence-electron chi connectivity index (χ1n) is 19.1. The van der Waals surface area contributed by atoms with Crippen LogP contribution in [0.25, 0.3) is 0 Å². The smallest absolute Gasteiger partial charge is 0.0833 e. The van der Waals surface area contributed by atoms with Gasteiger partial charge in [0.15, 0.2) is 0 Å². The molecule has 0 N–H and O–H groups in total. The summed E-state index contributed by atoms with van der Waals surface area (Å²) in [6.07, 6.45) is 36.1. The number of ether oxygens (including phenoxy) is 1. The Labute approximate surface area is 269 Å². The molecule has 2 aromatic carbocycles. The summed E-state index contributed by atoms with van der Waals surface area (Å²) in [6, 6.07) is 22.1. The topological polar surface area (TPSA) is 9.23 Å². The molecule has 0 saturated heterocycles. The van der Waals surface area contributed by atoms with Crippen LogP contribution in [0.3, 0.4) is 0 Å². The minimum Gasteiger partial charge on any atom is -0.366 e. The van der Waals surface area contributed by atoms with E-state index in [2.05, 4.69) is 74.5 Å². The van der Waals surface area contributed by atoms with Crippen molar-refractivity contribution >= 4 is 0 Å². The van der Waals surface area contributed by atoms with E-state index >= 15 is 0 Å². The summed E-state index contributed by atoms with van der Waals surface area (Å²) < 4.78 is 7.02. The van der Waals surface area contributed by atoms with Crippen LogP contribution in [0.15, 0.2) is 60.7 Å². The molecule has 0 aromatic heterocycles. The summed E-state index contributed by atoms with van der Waals surface area (Å²) in [4.78, 5) is 0. The Kier molecular flexibility index (Phi) is 24.4. The summed E-state index contributed by atoms with van der Waals surface area (Å²) in [7, 11) is 0. The maximum atomic E-state index is 7.02. The standard InChI is InChI=1S/C42H70O/c1-3-5-7-9-11-13-15-17-19-21-23-31-37-41(39-33-27-25-28-34-39)43-42(40-35-29-26-30-36-40)38-32-24-22-20-18-16-14-12-10-8-6-4-2/h25-30,33-36,41-42H,3-24,31-32,37-38H2,1-2H3. The Bertz CT molecular complexity index is 746. The largest absolute Gasteiger partial charge is 0.366 e. The van der Waals surface area contributed by atoms with Gasteiger partial charge in [-0.3, -0.25) is 0 Å². The molecular weight excluding hydrogens is 520 g/mol. The Morgan fingerprint density at radius 1 is 0.349 bits per heavy atom. The predicted octanol–water partition coefficient (Wildman–Crippen LogP) is 14.7. The number of rotatable bonds is 30. The van der Waals surface area contributed by atoms with Crippen molar-refractivity contribution in [1.82, 2.24) is 0 Å². The normalized spacial score (nSPS) is 12.9. The molecule has 1 nitrogen and oxygen atoms in total. The molecule has 0 amide bonds. The lowest BCUT2D eigenvalue weighted by molar-refractivity contribution is -0.0264. The second-order valence-electron chi connectivity index (χ2n) is 13.3. The third kappa shape index (κ3) is 20.1. The van der Waals surface area contributed by atoms with Crippen LogP contribution in [-0.2, 0) is 4.74 Å². The Morgan fingerprint density at radius 3 is 0.884 bits per heavy atom. The average Bonchev–Trinajstić information content (AvgIpc) is 3.05. The summed E-state index contributed by atoms with van der Waals surface area (Å²) in [5, 5.41) is 0. The van der Waals surface area contributed by atoms with Crippen LogP contribution in [0.4, 0.5) is 0 Å². The minimum atomic E-state index is 0.187. The van der Waals surface area contributed by atoms with Crippen LogP contribution in [0, 0.1) is 0 Å². The highest BCUT2D eigenvalue weighted by Gasteiger charge is 2.20. The Balaban J connectivity index is 1.72. The van der Waals surface area contributed by atoms with Crippen molar-refractivity contribution in [3.8, 4) is 0 Å². The van der Waals surface area contributed by atoms with E-state index in [9.17, 15) is 0 Å². The molecule has 2 unspecified atom stereocenters. The van der Waals surface area contributed by atoms with Crippen molar-refractivity contribution in [2.45, 2.75) is 193 Å². The van der Waals surface area contributed by atoms with Crippen LogP contribution in [0.2, 0.25) is 0 Å².